The molecule has 0 spiro atoms. The van der Waals surface area contributed by atoms with E-state index in [1.165, 1.54) is 0 Å². The van der Waals surface area contributed by atoms with Crippen LogP contribution in [0.15, 0.2) is 55.4 Å². The molecule has 0 bridgehead atoms. The average Bonchev–Trinajstić information content (AvgIpc) is 3.13. The summed E-state index contributed by atoms with van der Waals surface area (Å²) in [5, 5.41) is 9.72. The molecule has 21 heavy (non-hydrogen) atoms. The maximum Gasteiger partial charge on any atom is 0.111 e. The van der Waals surface area contributed by atoms with Crippen molar-refractivity contribution in [3.8, 4) is 16.9 Å². The number of aromatic nitrogens is 6. The van der Waals surface area contributed by atoms with Crippen LogP contribution in [0.4, 0.5) is 0 Å². The first kappa shape index (κ1) is 11.8. The van der Waals surface area contributed by atoms with Crippen LogP contribution in [0.25, 0.3) is 27.8 Å². The highest BCUT2D eigenvalue weighted by Crippen LogP contribution is 2.21. The number of nitrogens with zero attached hydrogens (tertiary/aromatic N) is 6. The number of aryl methyl sites for hydroxylation is 1. The van der Waals surface area contributed by atoms with Crippen LogP contribution in [0, 0.1) is 0 Å². The van der Waals surface area contributed by atoms with E-state index in [-0.39, 0.29) is 0 Å². The molecule has 0 atom stereocenters. The topological polar surface area (TPSA) is 61.4 Å². The van der Waals surface area contributed by atoms with Gasteiger partial charge in [-0.2, -0.15) is 10.2 Å². The molecule has 0 aromatic carbocycles. The van der Waals surface area contributed by atoms with E-state index in [1.54, 1.807) is 29.5 Å². The van der Waals surface area contributed by atoms with Gasteiger partial charge < -0.3 is 0 Å². The summed E-state index contributed by atoms with van der Waals surface area (Å²) in [7, 11) is 1.89. The highest BCUT2D eigenvalue weighted by atomic mass is 15.3. The fourth-order valence-electron chi connectivity index (χ4n) is 2.26. The van der Waals surface area contributed by atoms with Crippen molar-refractivity contribution < 1.29 is 0 Å². The van der Waals surface area contributed by atoms with Gasteiger partial charge in [0.2, 0.25) is 0 Å². The molecular formula is C15H12N6. The second kappa shape index (κ2) is 4.52. The molecule has 0 aliphatic carbocycles. The Morgan fingerprint density at radius 2 is 2.05 bits per heavy atom. The van der Waals surface area contributed by atoms with Gasteiger partial charge in [0, 0.05) is 36.6 Å². The molecule has 0 aliphatic rings. The highest BCUT2D eigenvalue weighted by molar-refractivity contribution is 5.81. The summed E-state index contributed by atoms with van der Waals surface area (Å²) in [6.07, 6.45) is 11.0. The van der Waals surface area contributed by atoms with Gasteiger partial charge in [0.15, 0.2) is 0 Å². The van der Waals surface area contributed by atoms with E-state index in [4.69, 9.17) is 0 Å². The Kier molecular flexibility index (Phi) is 2.53. The van der Waals surface area contributed by atoms with Gasteiger partial charge in [0.05, 0.1) is 30.0 Å². The number of pyridine rings is 2. The molecule has 0 radical (unpaired) electrons. The van der Waals surface area contributed by atoms with Crippen LogP contribution in [0.1, 0.15) is 0 Å². The average molecular weight is 276 g/mol. The molecule has 0 aliphatic heterocycles. The van der Waals surface area contributed by atoms with Crippen LogP contribution >= 0.6 is 0 Å². The molecule has 4 aromatic heterocycles. The Bertz CT molecular complexity index is 906. The summed E-state index contributed by atoms with van der Waals surface area (Å²) in [6.45, 7) is 0. The summed E-state index contributed by atoms with van der Waals surface area (Å²) in [5.41, 5.74) is 3.66. The van der Waals surface area contributed by atoms with E-state index in [1.807, 2.05) is 42.3 Å². The summed E-state index contributed by atoms with van der Waals surface area (Å²) in [4.78, 5) is 8.56. The van der Waals surface area contributed by atoms with E-state index >= 15 is 0 Å². The molecule has 6 heteroatoms. The van der Waals surface area contributed by atoms with Gasteiger partial charge in [-0.15, -0.1) is 0 Å². The van der Waals surface area contributed by atoms with Gasteiger partial charge in [-0.05, 0) is 18.2 Å². The summed E-state index contributed by atoms with van der Waals surface area (Å²) in [6, 6.07) is 5.88. The maximum atomic E-state index is 4.52. The fourth-order valence-corrected chi connectivity index (χ4v) is 2.26. The van der Waals surface area contributed by atoms with Crippen molar-refractivity contribution in [1.82, 2.24) is 29.5 Å². The quantitative estimate of drug-likeness (QED) is 0.563. The second-order valence-electron chi connectivity index (χ2n) is 4.82. The Balaban J connectivity index is 1.82. The molecule has 102 valence electrons. The van der Waals surface area contributed by atoms with Crippen LogP contribution in [0.3, 0.4) is 0 Å². The lowest BCUT2D eigenvalue weighted by Crippen LogP contribution is -1.93. The molecule has 0 unspecified atom stereocenters. The smallest absolute Gasteiger partial charge is 0.111 e. The number of hydrogen-bond acceptors (Lipinski definition) is 4. The summed E-state index contributed by atoms with van der Waals surface area (Å²) in [5.74, 6) is 0. The van der Waals surface area contributed by atoms with Crippen LogP contribution in [0.5, 0.6) is 0 Å². The normalized spacial score (nSPS) is 11.1. The Morgan fingerprint density at radius 3 is 2.81 bits per heavy atom. The third-order valence-electron chi connectivity index (χ3n) is 3.30. The molecule has 4 heterocycles. The zero-order chi connectivity index (χ0) is 14.2. The van der Waals surface area contributed by atoms with E-state index in [2.05, 4.69) is 20.2 Å². The van der Waals surface area contributed by atoms with Crippen LogP contribution < -0.4 is 0 Å². The van der Waals surface area contributed by atoms with E-state index in [9.17, 15) is 0 Å². The van der Waals surface area contributed by atoms with Gasteiger partial charge in [-0.3, -0.25) is 14.6 Å². The minimum atomic E-state index is 0.853. The van der Waals surface area contributed by atoms with E-state index < -0.39 is 0 Å². The first-order chi connectivity index (χ1) is 10.3. The molecule has 6 nitrogen and oxygen atoms in total. The molecule has 0 fully saturated rings. The molecular weight excluding hydrogens is 264 g/mol. The minimum Gasteiger partial charge on any atom is -0.275 e. The Morgan fingerprint density at radius 1 is 1.10 bits per heavy atom. The zero-order valence-electron chi connectivity index (χ0n) is 11.4. The monoisotopic (exact) mass is 276 g/mol. The SMILES string of the molecule is Cn1cc(-c2cc3cn(-c4cccnc4)nc3cn2)cn1. The van der Waals surface area contributed by atoms with Gasteiger partial charge in [-0.25, -0.2) is 4.68 Å². The van der Waals surface area contributed by atoms with Gasteiger partial charge in [-0.1, -0.05) is 0 Å². The van der Waals surface area contributed by atoms with Crippen LogP contribution in [0.2, 0.25) is 0 Å². The van der Waals surface area contributed by atoms with Gasteiger partial charge in [0.1, 0.15) is 5.52 Å². The Hall–Kier alpha value is -3.02. The molecule has 0 saturated heterocycles. The predicted molar refractivity (Wildman–Crippen MR) is 78.9 cm³/mol. The molecule has 4 aromatic rings. The summed E-state index contributed by atoms with van der Waals surface area (Å²) >= 11 is 0. The Labute approximate surface area is 120 Å². The molecule has 4 rings (SSSR count). The zero-order valence-corrected chi connectivity index (χ0v) is 11.4. The summed E-state index contributed by atoms with van der Waals surface area (Å²) < 4.78 is 3.58. The lowest BCUT2D eigenvalue weighted by molar-refractivity contribution is 0.768. The van der Waals surface area contributed by atoms with Crippen molar-refractivity contribution in [1.29, 1.82) is 0 Å². The lowest BCUT2D eigenvalue weighted by Gasteiger charge is -1.97. The van der Waals surface area contributed by atoms with Crippen molar-refractivity contribution in [3.63, 3.8) is 0 Å². The molecule has 0 N–H and O–H groups in total. The number of rotatable bonds is 2. The van der Waals surface area contributed by atoms with Crippen LogP contribution in [-0.4, -0.2) is 29.5 Å². The van der Waals surface area contributed by atoms with Crippen molar-refractivity contribution in [2.75, 3.05) is 0 Å². The third kappa shape index (κ3) is 2.06. The van der Waals surface area contributed by atoms with Crippen molar-refractivity contribution >= 4 is 10.9 Å². The lowest BCUT2D eigenvalue weighted by atomic mass is 10.2. The first-order valence-electron chi connectivity index (χ1n) is 6.54. The second-order valence-corrected chi connectivity index (χ2v) is 4.82. The van der Waals surface area contributed by atoms with E-state index in [0.717, 1.165) is 27.8 Å². The molecule has 0 amide bonds. The van der Waals surface area contributed by atoms with Crippen molar-refractivity contribution in [2.45, 2.75) is 0 Å². The van der Waals surface area contributed by atoms with Crippen LogP contribution in [-0.2, 0) is 7.05 Å². The predicted octanol–water partition coefficient (Wildman–Crippen LogP) is 2.22. The third-order valence-corrected chi connectivity index (χ3v) is 3.30. The first-order valence-corrected chi connectivity index (χ1v) is 6.54. The standard InChI is InChI=1S/C15H12N6/c1-20-9-12(6-18-20)14-5-11-10-21(19-15(11)8-17-14)13-3-2-4-16-7-13/h2-10H,1H3. The minimum absolute atomic E-state index is 0.853. The highest BCUT2D eigenvalue weighted by Gasteiger charge is 2.07. The van der Waals surface area contributed by atoms with E-state index in [0.29, 0.717) is 0 Å². The fraction of sp³-hybridized carbons (Fsp3) is 0.0667. The van der Waals surface area contributed by atoms with Crippen molar-refractivity contribution in [2.24, 2.45) is 7.05 Å². The molecule has 0 saturated carbocycles. The number of hydrogen-bond donors (Lipinski definition) is 0. The van der Waals surface area contributed by atoms with Crippen molar-refractivity contribution in [3.05, 3.63) is 55.4 Å². The van der Waals surface area contributed by atoms with Gasteiger partial charge >= 0.3 is 0 Å². The maximum absolute atomic E-state index is 4.52. The largest absolute Gasteiger partial charge is 0.275 e. The number of fused-ring (bicyclic) bond motifs is 1. The van der Waals surface area contributed by atoms with Gasteiger partial charge in [0.25, 0.3) is 0 Å².